The number of hydrogen-bond donors (Lipinski definition) is 1. The molecule has 0 spiro atoms. The molecule has 0 aliphatic carbocycles. The number of nitrogens with one attached hydrogen (secondary N) is 1. The molecule has 1 aromatic rings. The summed E-state index contributed by atoms with van der Waals surface area (Å²) >= 11 is 0. The third-order valence-electron chi connectivity index (χ3n) is 3.48. The molecule has 1 aromatic heterocycles. The number of hydrogen-bond acceptors (Lipinski definition) is 4. The second-order valence-electron chi connectivity index (χ2n) is 5.58. The lowest BCUT2D eigenvalue weighted by atomic mass is 10.1. The van der Waals surface area contributed by atoms with Gasteiger partial charge in [0.25, 0.3) is 0 Å². The van der Waals surface area contributed by atoms with Crippen molar-refractivity contribution in [3.63, 3.8) is 0 Å². The highest BCUT2D eigenvalue weighted by molar-refractivity contribution is 5.78. The number of carbonyl (C=O) groups excluding carboxylic acids is 1. The highest BCUT2D eigenvalue weighted by Gasteiger charge is 2.13. The number of nitrogens with zero attached hydrogens (tertiary/aromatic N) is 3. The van der Waals surface area contributed by atoms with Crippen molar-refractivity contribution in [2.45, 2.75) is 26.3 Å². The molecule has 1 heterocycles. The third-order valence-corrected chi connectivity index (χ3v) is 3.48. The molecule has 130 valence electrons. The van der Waals surface area contributed by atoms with Gasteiger partial charge >= 0.3 is 0 Å². The normalized spacial score (nSPS) is 11.3. The molecular weight excluding hydrogens is 302 g/mol. The zero-order valence-corrected chi connectivity index (χ0v) is 14.1. The van der Waals surface area contributed by atoms with E-state index < -0.39 is 6.43 Å². The average Bonchev–Trinajstić information content (AvgIpc) is 2.48. The number of carbonyl (C=O) groups is 1. The van der Waals surface area contributed by atoms with Gasteiger partial charge in [0.1, 0.15) is 0 Å². The monoisotopic (exact) mass is 328 g/mol. The Labute approximate surface area is 136 Å². The van der Waals surface area contributed by atoms with E-state index in [0.29, 0.717) is 30.9 Å². The van der Waals surface area contributed by atoms with Crippen molar-refractivity contribution >= 4 is 5.91 Å². The lowest BCUT2D eigenvalue weighted by Crippen LogP contribution is -2.41. The van der Waals surface area contributed by atoms with E-state index >= 15 is 0 Å². The number of alkyl halides is 2. The van der Waals surface area contributed by atoms with E-state index in [2.05, 4.69) is 10.3 Å². The summed E-state index contributed by atoms with van der Waals surface area (Å²) in [5.74, 6) is 0.000640. The first-order valence-electron chi connectivity index (χ1n) is 7.78. The van der Waals surface area contributed by atoms with Crippen LogP contribution in [-0.4, -0.2) is 67.4 Å². The van der Waals surface area contributed by atoms with Crippen LogP contribution >= 0.6 is 0 Å². The standard InChI is InChI=1S/C16H26F2N4O/c1-4-22(9-8-21(2)3)16(23)12-19-11-14-13(10-15(17)18)6-5-7-20-14/h5-7,15,19H,4,8-12H2,1-3H3. The fraction of sp³-hybridized carbons (Fsp3) is 0.625. The smallest absolute Gasteiger partial charge is 0.242 e. The molecule has 0 aliphatic heterocycles. The number of pyridine rings is 1. The Bertz CT molecular complexity index is 483. The van der Waals surface area contributed by atoms with Gasteiger partial charge in [-0.1, -0.05) is 6.07 Å². The van der Waals surface area contributed by atoms with Crippen LogP contribution in [0.3, 0.4) is 0 Å². The molecule has 0 aromatic carbocycles. The van der Waals surface area contributed by atoms with E-state index in [9.17, 15) is 13.6 Å². The van der Waals surface area contributed by atoms with Crippen LogP contribution in [0, 0.1) is 0 Å². The van der Waals surface area contributed by atoms with E-state index in [0.717, 1.165) is 6.54 Å². The minimum Gasteiger partial charge on any atom is -0.341 e. The number of halogens is 2. The Kier molecular flexibility index (Phi) is 8.65. The second-order valence-corrected chi connectivity index (χ2v) is 5.58. The largest absolute Gasteiger partial charge is 0.341 e. The summed E-state index contributed by atoms with van der Waals surface area (Å²) in [6.45, 7) is 4.54. The molecule has 0 fully saturated rings. The maximum absolute atomic E-state index is 12.5. The fourth-order valence-electron chi connectivity index (χ4n) is 2.16. The molecule has 1 rings (SSSR count). The molecule has 0 unspecified atom stereocenters. The van der Waals surface area contributed by atoms with Gasteiger partial charge in [-0.05, 0) is 32.6 Å². The topological polar surface area (TPSA) is 48.5 Å². The first-order chi connectivity index (χ1) is 10.9. The minimum absolute atomic E-state index is 0.000640. The van der Waals surface area contributed by atoms with E-state index in [-0.39, 0.29) is 18.9 Å². The zero-order chi connectivity index (χ0) is 17.2. The van der Waals surface area contributed by atoms with Gasteiger partial charge in [-0.25, -0.2) is 8.78 Å². The molecule has 23 heavy (non-hydrogen) atoms. The van der Waals surface area contributed by atoms with Crippen molar-refractivity contribution in [3.8, 4) is 0 Å². The van der Waals surface area contributed by atoms with Crippen LogP contribution in [0.15, 0.2) is 18.3 Å². The summed E-state index contributed by atoms with van der Waals surface area (Å²) in [6.07, 6.45) is -1.15. The van der Waals surface area contributed by atoms with Crippen LogP contribution in [0.5, 0.6) is 0 Å². The molecule has 0 saturated heterocycles. The Morgan fingerprint density at radius 1 is 1.35 bits per heavy atom. The van der Waals surface area contributed by atoms with Crippen LogP contribution in [-0.2, 0) is 17.8 Å². The van der Waals surface area contributed by atoms with Crippen LogP contribution in [0.25, 0.3) is 0 Å². The summed E-state index contributed by atoms with van der Waals surface area (Å²) < 4.78 is 25.1. The zero-order valence-electron chi connectivity index (χ0n) is 14.1. The summed E-state index contributed by atoms with van der Waals surface area (Å²) in [6, 6.07) is 3.29. The molecular formula is C16H26F2N4O. The van der Waals surface area contributed by atoms with Gasteiger partial charge < -0.3 is 15.1 Å². The van der Waals surface area contributed by atoms with E-state index in [4.69, 9.17) is 0 Å². The number of amides is 1. The van der Waals surface area contributed by atoms with Gasteiger partial charge in [0.2, 0.25) is 12.3 Å². The van der Waals surface area contributed by atoms with Crippen molar-refractivity contribution < 1.29 is 13.6 Å². The molecule has 5 nitrogen and oxygen atoms in total. The van der Waals surface area contributed by atoms with Crippen molar-refractivity contribution in [2.24, 2.45) is 0 Å². The van der Waals surface area contributed by atoms with Crippen molar-refractivity contribution in [1.82, 2.24) is 20.1 Å². The SMILES string of the molecule is CCN(CCN(C)C)C(=O)CNCc1ncccc1CC(F)F. The summed E-state index contributed by atoms with van der Waals surface area (Å²) in [4.78, 5) is 20.1. The molecule has 0 aliphatic rings. The van der Waals surface area contributed by atoms with Gasteiger partial charge in [0.15, 0.2) is 0 Å². The molecule has 0 atom stereocenters. The van der Waals surface area contributed by atoms with E-state index in [1.807, 2.05) is 25.9 Å². The van der Waals surface area contributed by atoms with E-state index in [1.54, 1.807) is 23.2 Å². The number of likely N-dealkylation sites (N-methyl/N-ethyl adjacent to an activating group) is 2. The molecule has 1 N–H and O–H groups in total. The maximum atomic E-state index is 12.5. The quantitative estimate of drug-likeness (QED) is 0.705. The first-order valence-corrected chi connectivity index (χ1v) is 7.78. The van der Waals surface area contributed by atoms with Crippen LogP contribution < -0.4 is 5.32 Å². The predicted molar refractivity (Wildman–Crippen MR) is 86.5 cm³/mol. The average molecular weight is 328 g/mol. The number of rotatable bonds is 10. The minimum atomic E-state index is -2.40. The van der Waals surface area contributed by atoms with Crippen molar-refractivity contribution in [3.05, 3.63) is 29.6 Å². The van der Waals surface area contributed by atoms with Crippen LogP contribution in [0.4, 0.5) is 8.78 Å². The number of aromatic nitrogens is 1. The van der Waals surface area contributed by atoms with Crippen LogP contribution in [0.1, 0.15) is 18.2 Å². The Balaban J connectivity index is 2.48. The van der Waals surface area contributed by atoms with Crippen molar-refractivity contribution in [2.75, 3.05) is 40.3 Å². The third kappa shape index (κ3) is 7.47. The molecule has 0 saturated carbocycles. The molecule has 7 heteroatoms. The Hall–Kier alpha value is -1.60. The second kappa shape index (κ2) is 10.2. The van der Waals surface area contributed by atoms with Gasteiger partial charge in [0.05, 0.1) is 12.2 Å². The van der Waals surface area contributed by atoms with Crippen LogP contribution in [0.2, 0.25) is 0 Å². The first kappa shape index (κ1) is 19.4. The maximum Gasteiger partial charge on any atom is 0.242 e. The van der Waals surface area contributed by atoms with Gasteiger partial charge in [-0.15, -0.1) is 0 Å². The van der Waals surface area contributed by atoms with Gasteiger partial charge in [0, 0.05) is 38.8 Å². The molecule has 0 radical (unpaired) electrons. The fourth-order valence-corrected chi connectivity index (χ4v) is 2.16. The van der Waals surface area contributed by atoms with Crippen molar-refractivity contribution in [1.29, 1.82) is 0 Å². The van der Waals surface area contributed by atoms with Gasteiger partial charge in [-0.3, -0.25) is 9.78 Å². The Morgan fingerprint density at radius 3 is 2.70 bits per heavy atom. The Morgan fingerprint density at radius 2 is 2.09 bits per heavy atom. The lowest BCUT2D eigenvalue weighted by Gasteiger charge is -2.23. The predicted octanol–water partition coefficient (Wildman–Crippen LogP) is 1.39. The summed E-state index contributed by atoms with van der Waals surface area (Å²) in [5.41, 5.74) is 1.08. The van der Waals surface area contributed by atoms with E-state index in [1.165, 1.54) is 0 Å². The molecule has 1 amide bonds. The lowest BCUT2D eigenvalue weighted by molar-refractivity contribution is -0.130. The molecule has 0 bridgehead atoms. The summed E-state index contributed by atoms with van der Waals surface area (Å²) in [5, 5.41) is 3.01. The van der Waals surface area contributed by atoms with Gasteiger partial charge in [-0.2, -0.15) is 0 Å². The highest BCUT2D eigenvalue weighted by atomic mass is 19.3. The summed E-state index contributed by atoms with van der Waals surface area (Å²) in [7, 11) is 3.92. The highest BCUT2D eigenvalue weighted by Crippen LogP contribution is 2.10.